The Morgan fingerprint density at radius 2 is 1.90 bits per heavy atom. The van der Waals surface area contributed by atoms with Gasteiger partial charge in [-0.3, -0.25) is 14.9 Å². The van der Waals surface area contributed by atoms with Gasteiger partial charge >= 0.3 is 0 Å². The van der Waals surface area contributed by atoms with Crippen molar-refractivity contribution in [1.82, 2.24) is 4.31 Å². The molecule has 3 rings (SSSR count). The lowest BCUT2D eigenvalue weighted by Crippen LogP contribution is -2.35. The van der Waals surface area contributed by atoms with Gasteiger partial charge in [0, 0.05) is 18.8 Å². The van der Waals surface area contributed by atoms with E-state index in [0.717, 1.165) is 19.3 Å². The van der Waals surface area contributed by atoms with Gasteiger partial charge in [-0.2, -0.15) is 4.31 Å². The molecular formula is C20H24N4O6S. The molecule has 31 heavy (non-hydrogen) atoms. The molecule has 11 heteroatoms. The summed E-state index contributed by atoms with van der Waals surface area (Å²) in [5, 5.41) is 16.6. The van der Waals surface area contributed by atoms with Crippen LogP contribution >= 0.6 is 0 Å². The molecule has 0 bridgehead atoms. The fraction of sp³-hybridized carbons (Fsp3) is 0.350. The van der Waals surface area contributed by atoms with Gasteiger partial charge < -0.3 is 15.4 Å². The van der Waals surface area contributed by atoms with E-state index in [2.05, 4.69) is 10.6 Å². The van der Waals surface area contributed by atoms with Crippen LogP contribution in [0.25, 0.3) is 0 Å². The zero-order valence-corrected chi connectivity index (χ0v) is 17.9. The summed E-state index contributed by atoms with van der Waals surface area (Å²) in [5.41, 5.74) is 0.207. The third kappa shape index (κ3) is 5.50. The number of amides is 1. The molecule has 1 amide bonds. The number of hydrogen-bond donors (Lipinski definition) is 2. The van der Waals surface area contributed by atoms with Crippen LogP contribution in [0.2, 0.25) is 0 Å². The summed E-state index contributed by atoms with van der Waals surface area (Å²) < 4.78 is 32.1. The largest absolute Gasteiger partial charge is 0.496 e. The number of methoxy groups -OCH3 is 1. The summed E-state index contributed by atoms with van der Waals surface area (Å²) in [6.07, 6.45) is 2.71. The monoisotopic (exact) mass is 448 g/mol. The Morgan fingerprint density at radius 3 is 2.58 bits per heavy atom. The number of sulfonamides is 1. The number of nitrogens with one attached hydrogen (secondary N) is 2. The molecule has 0 unspecified atom stereocenters. The van der Waals surface area contributed by atoms with Crippen LogP contribution in [-0.4, -0.2) is 50.3 Å². The smallest absolute Gasteiger partial charge is 0.296 e. The lowest BCUT2D eigenvalue weighted by atomic mass is 10.2. The van der Waals surface area contributed by atoms with Gasteiger partial charge in [0.1, 0.15) is 11.4 Å². The molecule has 0 aliphatic carbocycles. The lowest BCUT2D eigenvalue weighted by Gasteiger charge is -2.26. The molecule has 10 nitrogen and oxygen atoms in total. The molecule has 2 aromatic carbocycles. The standard InChI is InChI=1S/C20H24N4O6S/c1-30-16-8-9-18(19(13-16)24(26)27)22-20(25)14-21-15-6-5-7-17(12-15)31(28,29)23-10-3-2-4-11-23/h5-9,12-13,21H,2-4,10-11,14H2,1H3,(H,22,25). The summed E-state index contributed by atoms with van der Waals surface area (Å²) in [7, 11) is -2.20. The molecule has 0 atom stereocenters. The topological polar surface area (TPSA) is 131 Å². The lowest BCUT2D eigenvalue weighted by molar-refractivity contribution is -0.384. The maximum atomic E-state index is 12.8. The molecule has 0 saturated carbocycles. The number of rotatable bonds is 8. The predicted octanol–water partition coefficient (Wildman–Crippen LogP) is 2.83. The Balaban J connectivity index is 1.66. The third-order valence-corrected chi connectivity index (χ3v) is 6.81. The van der Waals surface area contributed by atoms with Crippen LogP contribution in [0.4, 0.5) is 17.1 Å². The van der Waals surface area contributed by atoms with Crippen LogP contribution in [0.15, 0.2) is 47.4 Å². The highest BCUT2D eigenvalue weighted by Gasteiger charge is 2.26. The van der Waals surface area contributed by atoms with Gasteiger partial charge in [-0.25, -0.2) is 8.42 Å². The molecule has 1 fully saturated rings. The van der Waals surface area contributed by atoms with E-state index < -0.39 is 20.9 Å². The number of benzene rings is 2. The Bertz CT molecular complexity index is 1070. The van der Waals surface area contributed by atoms with Crippen LogP contribution in [-0.2, 0) is 14.8 Å². The van der Waals surface area contributed by atoms with Gasteiger partial charge in [-0.15, -0.1) is 0 Å². The SMILES string of the molecule is COc1ccc(NC(=O)CNc2cccc(S(=O)(=O)N3CCCCC3)c2)c([N+](=O)[O-])c1. The molecule has 0 radical (unpaired) electrons. The summed E-state index contributed by atoms with van der Waals surface area (Å²) in [6, 6.07) is 10.4. The molecule has 1 aliphatic heterocycles. The first-order chi connectivity index (χ1) is 14.8. The van der Waals surface area contributed by atoms with Gasteiger partial charge in [-0.1, -0.05) is 12.5 Å². The van der Waals surface area contributed by atoms with Crippen molar-refractivity contribution in [3.05, 3.63) is 52.6 Å². The van der Waals surface area contributed by atoms with E-state index in [0.29, 0.717) is 24.5 Å². The summed E-state index contributed by atoms with van der Waals surface area (Å²) in [5.74, 6) is -0.216. The minimum absolute atomic E-state index is 0.0408. The summed E-state index contributed by atoms with van der Waals surface area (Å²) in [4.78, 5) is 23.1. The van der Waals surface area contributed by atoms with Crippen LogP contribution in [0.3, 0.4) is 0 Å². The van der Waals surface area contributed by atoms with Crippen molar-refractivity contribution in [1.29, 1.82) is 0 Å². The Kier molecular flexibility index (Phi) is 7.08. The second-order valence-electron chi connectivity index (χ2n) is 7.03. The number of carbonyl (C=O) groups is 1. The molecule has 1 saturated heterocycles. The average Bonchev–Trinajstić information content (AvgIpc) is 2.78. The molecule has 0 aromatic heterocycles. The third-order valence-electron chi connectivity index (χ3n) is 4.92. The maximum Gasteiger partial charge on any atom is 0.296 e. The fourth-order valence-corrected chi connectivity index (χ4v) is 4.86. The van der Waals surface area contributed by atoms with E-state index in [1.54, 1.807) is 12.1 Å². The van der Waals surface area contributed by atoms with E-state index >= 15 is 0 Å². The minimum Gasteiger partial charge on any atom is -0.496 e. The molecule has 2 aromatic rings. The quantitative estimate of drug-likeness (QED) is 0.469. The van der Waals surface area contributed by atoms with Gasteiger partial charge in [-0.05, 0) is 43.2 Å². The van der Waals surface area contributed by atoms with E-state index in [9.17, 15) is 23.3 Å². The first-order valence-electron chi connectivity index (χ1n) is 9.77. The number of nitro benzene ring substituents is 1. The summed E-state index contributed by atoms with van der Waals surface area (Å²) in [6.45, 7) is 0.808. The molecule has 1 heterocycles. The van der Waals surface area contributed by atoms with Crippen molar-refractivity contribution >= 4 is 33.0 Å². The Labute approximate surface area is 180 Å². The zero-order chi connectivity index (χ0) is 22.4. The number of nitrogens with zero attached hydrogens (tertiary/aromatic N) is 2. The van der Waals surface area contributed by atoms with Crippen LogP contribution in [0.5, 0.6) is 5.75 Å². The fourth-order valence-electron chi connectivity index (χ4n) is 3.29. The van der Waals surface area contributed by atoms with Gasteiger partial charge in [0.25, 0.3) is 5.69 Å². The Hall–Kier alpha value is -3.18. The molecule has 0 spiro atoms. The van der Waals surface area contributed by atoms with Gasteiger partial charge in [0.15, 0.2) is 0 Å². The van der Waals surface area contributed by atoms with Crippen molar-refractivity contribution in [2.75, 3.05) is 37.4 Å². The van der Waals surface area contributed by atoms with Crippen molar-refractivity contribution in [2.45, 2.75) is 24.2 Å². The van der Waals surface area contributed by atoms with Crippen molar-refractivity contribution in [3.63, 3.8) is 0 Å². The molecule has 2 N–H and O–H groups in total. The highest BCUT2D eigenvalue weighted by molar-refractivity contribution is 7.89. The first-order valence-corrected chi connectivity index (χ1v) is 11.2. The number of hydrogen-bond acceptors (Lipinski definition) is 7. The van der Waals surface area contributed by atoms with Crippen molar-refractivity contribution in [3.8, 4) is 5.75 Å². The highest BCUT2D eigenvalue weighted by Crippen LogP contribution is 2.29. The highest BCUT2D eigenvalue weighted by atomic mass is 32.2. The van der Waals surface area contributed by atoms with E-state index in [1.807, 2.05) is 0 Å². The normalized spacial score (nSPS) is 14.6. The number of anilines is 2. The second kappa shape index (κ2) is 9.75. The molecule has 1 aliphatic rings. The number of nitro groups is 1. The van der Waals surface area contributed by atoms with E-state index in [-0.39, 0.29) is 22.8 Å². The van der Waals surface area contributed by atoms with Crippen molar-refractivity contribution in [2.24, 2.45) is 0 Å². The number of ether oxygens (including phenoxy) is 1. The number of piperidine rings is 1. The zero-order valence-electron chi connectivity index (χ0n) is 17.0. The predicted molar refractivity (Wildman–Crippen MR) is 116 cm³/mol. The van der Waals surface area contributed by atoms with Crippen molar-refractivity contribution < 1.29 is 22.9 Å². The maximum absolute atomic E-state index is 12.8. The first kappa shape index (κ1) is 22.5. The van der Waals surface area contributed by atoms with E-state index in [1.165, 1.54) is 41.7 Å². The second-order valence-corrected chi connectivity index (χ2v) is 8.97. The average molecular weight is 449 g/mol. The summed E-state index contributed by atoms with van der Waals surface area (Å²) >= 11 is 0. The molecular weight excluding hydrogens is 424 g/mol. The molecule has 166 valence electrons. The van der Waals surface area contributed by atoms with E-state index in [4.69, 9.17) is 4.74 Å². The minimum atomic E-state index is -3.59. The Morgan fingerprint density at radius 1 is 1.16 bits per heavy atom. The van der Waals surface area contributed by atoms with Crippen LogP contribution < -0.4 is 15.4 Å². The van der Waals surface area contributed by atoms with Gasteiger partial charge in [0.05, 0.1) is 29.5 Å². The number of carbonyl (C=O) groups excluding carboxylic acids is 1. The van der Waals surface area contributed by atoms with Crippen LogP contribution in [0, 0.1) is 10.1 Å². The van der Waals surface area contributed by atoms with Crippen LogP contribution in [0.1, 0.15) is 19.3 Å². The van der Waals surface area contributed by atoms with Gasteiger partial charge in [0.2, 0.25) is 15.9 Å².